The van der Waals surface area contributed by atoms with E-state index in [0.717, 1.165) is 16.9 Å². The maximum Gasteiger partial charge on any atom is 0.0944 e. The number of hydrogen-bond donors (Lipinski definition) is 1. The standard InChI is InChI=1S/C17H18N4/c1-13(18-2)14-7-6-8-15(11-14)17-12-19-20-21(17)16-9-4-3-5-10-16/h3-13,18H,1-2H3. The van der Waals surface area contributed by atoms with Crippen LogP contribution in [0.25, 0.3) is 16.9 Å². The van der Waals surface area contributed by atoms with Crippen LogP contribution in [0.3, 0.4) is 0 Å². The van der Waals surface area contributed by atoms with E-state index in [1.165, 1.54) is 5.56 Å². The molecule has 0 saturated heterocycles. The fourth-order valence-corrected chi connectivity index (χ4v) is 2.33. The summed E-state index contributed by atoms with van der Waals surface area (Å²) in [5.41, 5.74) is 4.36. The first-order valence-corrected chi connectivity index (χ1v) is 7.03. The Bertz CT molecular complexity index is 718. The number of rotatable bonds is 4. The van der Waals surface area contributed by atoms with Gasteiger partial charge in [0, 0.05) is 11.6 Å². The van der Waals surface area contributed by atoms with Crippen molar-refractivity contribution in [1.29, 1.82) is 0 Å². The Morgan fingerprint density at radius 2 is 1.86 bits per heavy atom. The lowest BCUT2D eigenvalue weighted by molar-refractivity contribution is 0.652. The number of nitrogens with one attached hydrogen (secondary N) is 1. The molecule has 0 aliphatic carbocycles. The van der Waals surface area contributed by atoms with E-state index in [4.69, 9.17) is 0 Å². The zero-order valence-electron chi connectivity index (χ0n) is 12.2. The Labute approximate surface area is 124 Å². The van der Waals surface area contributed by atoms with Crippen LogP contribution in [0.2, 0.25) is 0 Å². The van der Waals surface area contributed by atoms with Gasteiger partial charge in [0.25, 0.3) is 0 Å². The van der Waals surface area contributed by atoms with Gasteiger partial charge in [0.2, 0.25) is 0 Å². The summed E-state index contributed by atoms with van der Waals surface area (Å²) >= 11 is 0. The van der Waals surface area contributed by atoms with Crippen molar-refractivity contribution in [3.05, 3.63) is 66.4 Å². The van der Waals surface area contributed by atoms with E-state index in [1.807, 2.05) is 42.1 Å². The van der Waals surface area contributed by atoms with Crippen molar-refractivity contribution in [1.82, 2.24) is 20.3 Å². The predicted molar refractivity (Wildman–Crippen MR) is 84.3 cm³/mol. The van der Waals surface area contributed by atoms with E-state index in [0.29, 0.717) is 6.04 Å². The monoisotopic (exact) mass is 278 g/mol. The van der Waals surface area contributed by atoms with Crippen LogP contribution in [-0.2, 0) is 0 Å². The highest BCUT2D eigenvalue weighted by Crippen LogP contribution is 2.24. The fraction of sp³-hybridized carbons (Fsp3) is 0.176. The van der Waals surface area contributed by atoms with Crippen LogP contribution in [0.4, 0.5) is 0 Å². The van der Waals surface area contributed by atoms with Gasteiger partial charge in [0.1, 0.15) is 0 Å². The van der Waals surface area contributed by atoms with Gasteiger partial charge in [-0.15, -0.1) is 5.10 Å². The molecule has 1 aromatic heterocycles. The molecular formula is C17H18N4. The van der Waals surface area contributed by atoms with Crippen LogP contribution in [0.15, 0.2) is 60.8 Å². The molecule has 106 valence electrons. The van der Waals surface area contributed by atoms with Gasteiger partial charge < -0.3 is 5.32 Å². The van der Waals surface area contributed by atoms with Crippen LogP contribution in [0.1, 0.15) is 18.5 Å². The molecule has 0 radical (unpaired) electrons. The van der Waals surface area contributed by atoms with Crippen molar-refractivity contribution >= 4 is 0 Å². The summed E-state index contributed by atoms with van der Waals surface area (Å²) < 4.78 is 1.86. The molecule has 1 heterocycles. The molecule has 21 heavy (non-hydrogen) atoms. The van der Waals surface area contributed by atoms with Crippen molar-refractivity contribution < 1.29 is 0 Å². The first kappa shape index (κ1) is 13.5. The van der Waals surface area contributed by atoms with Gasteiger partial charge in [0.15, 0.2) is 0 Å². The van der Waals surface area contributed by atoms with Gasteiger partial charge >= 0.3 is 0 Å². The molecule has 0 aliphatic rings. The first-order valence-electron chi connectivity index (χ1n) is 7.03. The molecule has 4 heteroatoms. The maximum atomic E-state index is 4.21. The Morgan fingerprint density at radius 1 is 1.05 bits per heavy atom. The molecule has 0 fully saturated rings. The number of hydrogen-bond acceptors (Lipinski definition) is 3. The molecule has 0 saturated carbocycles. The lowest BCUT2D eigenvalue weighted by Crippen LogP contribution is -2.12. The third-order valence-electron chi connectivity index (χ3n) is 3.67. The summed E-state index contributed by atoms with van der Waals surface area (Å²) in [5, 5.41) is 11.5. The molecule has 1 N–H and O–H groups in total. The minimum atomic E-state index is 0.311. The highest BCUT2D eigenvalue weighted by Gasteiger charge is 2.10. The second-order valence-corrected chi connectivity index (χ2v) is 5.00. The van der Waals surface area contributed by atoms with E-state index >= 15 is 0 Å². The van der Waals surface area contributed by atoms with Gasteiger partial charge in [-0.2, -0.15) is 0 Å². The summed E-state index contributed by atoms with van der Waals surface area (Å²) in [6.07, 6.45) is 1.80. The van der Waals surface area contributed by atoms with E-state index in [1.54, 1.807) is 6.20 Å². The van der Waals surface area contributed by atoms with Crippen molar-refractivity contribution in [3.63, 3.8) is 0 Å². The minimum Gasteiger partial charge on any atom is -0.313 e. The van der Waals surface area contributed by atoms with Crippen molar-refractivity contribution in [3.8, 4) is 16.9 Å². The average Bonchev–Trinajstić information content (AvgIpc) is 3.04. The van der Waals surface area contributed by atoms with Crippen molar-refractivity contribution in [2.75, 3.05) is 7.05 Å². The minimum absolute atomic E-state index is 0.311. The van der Waals surface area contributed by atoms with E-state index < -0.39 is 0 Å². The topological polar surface area (TPSA) is 42.7 Å². The zero-order chi connectivity index (χ0) is 14.7. The van der Waals surface area contributed by atoms with Crippen molar-refractivity contribution in [2.45, 2.75) is 13.0 Å². The summed E-state index contributed by atoms with van der Waals surface area (Å²) in [6, 6.07) is 18.8. The Balaban J connectivity index is 2.05. The fourth-order valence-electron chi connectivity index (χ4n) is 2.33. The van der Waals surface area contributed by atoms with E-state index in [-0.39, 0.29) is 0 Å². The molecule has 3 rings (SSSR count). The van der Waals surface area contributed by atoms with Gasteiger partial charge in [-0.05, 0) is 37.7 Å². The Kier molecular flexibility index (Phi) is 3.79. The number of nitrogens with zero attached hydrogens (tertiary/aromatic N) is 3. The lowest BCUT2D eigenvalue weighted by Gasteiger charge is -2.12. The van der Waals surface area contributed by atoms with Gasteiger partial charge in [-0.3, -0.25) is 0 Å². The number of aromatic nitrogens is 3. The molecular weight excluding hydrogens is 260 g/mol. The van der Waals surface area contributed by atoms with Crippen LogP contribution in [-0.4, -0.2) is 22.0 Å². The van der Waals surface area contributed by atoms with E-state index in [2.05, 4.69) is 46.8 Å². The summed E-state index contributed by atoms with van der Waals surface area (Å²) in [5.74, 6) is 0. The summed E-state index contributed by atoms with van der Waals surface area (Å²) in [4.78, 5) is 0. The molecule has 4 nitrogen and oxygen atoms in total. The molecule has 3 aromatic rings. The highest BCUT2D eigenvalue weighted by molar-refractivity contribution is 5.62. The quantitative estimate of drug-likeness (QED) is 0.797. The van der Waals surface area contributed by atoms with Crippen LogP contribution < -0.4 is 5.32 Å². The molecule has 1 unspecified atom stereocenters. The van der Waals surface area contributed by atoms with Gasteiger partial charge in [-0.25, -0.2) is 4.68 Å². The third kappa shape index (κ3) is 2.71. The van der Waals surface area contributed by atoms with Gasteiger partial charge in [0.05, 0.1) is 17.6 Å². The molecule has 0 bridgehead atoms. The molecule has 2 aromatic carbocycles. The Hall–Kier alpha value is -2.46. The molecule has 0 aliphatic heterocycles. The normalized spacial score (nSPS) is 12.3. The summed E-state index contributed by atoms with van der Waals surface area (Å²) in [6.45, 7) is 2.14. The first-order chi connectivity index (χ1) is 10.3. The summed E-state index contributed by atoms with van der Waals surface area (Å²) in [7, 11) is 1.97. The lowest BCUT2D eigenvalue weighted by atomic mass is 10.0. The van der Waals surface area contributed by atoms with E-state index in [9.17, 15) is 0 Å². The third-order valence-corrected chi connectivity index (χ3v) is 3.67. The second-order valence-electron chi connectivity index (χ2n) is 5.00. The average molecular weight is 278 g/mol. The van der Waals surface area contributed by atoms with Crippen LogP contribution in [0.5, 0.6) is 0 Å². The van der Waals surface area contributed by atoms with Gasteiger partial charge in [-0.1, -0.05) is 41.6 Å². The number of para-hydroxylation sites is 1. The van der Waals surface area contributed by atoms with Crippen molar-refractivity contribution in [2.24, 2.45) is 0 Å². The maximum absolute atomic E-state index is 4.21. The second kappa shape index (κ2) is 5.89. The van der Waals surface area contributed by atoms with Crippen LogP contribution >= 0.6 is 0 Å². The Morgan fingerprint density at radius 3 is 2.62 bits per heavy atom. The smallest absolute Gasteiger partial charge is 0.0944 e. The zero-order valence-corrected chi connectivity index (χ0v) is 12.2. The van der Waals surface area contributed by atoms with Crippen LogP contribution in [0, 0.1) is 0 Å². The SMILES string of the molecule is CNC(C)c1cccc(-c2cnnn2-c2ccccc2)c1. The predicted octanol–water partition coefficient (Wildman–Crippen LogP) is 3.21. The molecule has 0 spiro atoms. The number of benzene rings is 2. The molecule has 0 amide bonds. The largest absolute Gasteiger partial charge is 0.313 e. The molecule has 1 atom stereocenters. The highest BCUT2D eigenvalue weighted by atomic mass is 15.4.